The van der Waals surface area contributed by atoms with Crippen molar-refractivity contribution in [3.8, 4) is 5.69 Å². The SMILES string of the molecule is CCNC(=NCc1nncn1-c1ccccc1)N1CCOC(c2ccccc2C)C1.I. The molecule has 0 saturated carbocycles. The maximum Gasteiger partial charge on any atom is 0.194 e. The van der Waals surface area contributed by atoms with Crippen molar-refractivity contribution in [3.05, 3.63) is 77.9 Å². The van der Waals surface area contributed by atoms with Crippen LogP contribution in [-0.4, -0.2) is 51.9 Å². The number of aliphatic imine (C=N–C) groups is 1. The summed E-state index contributed by atoms with van der Waals surface area (Å²) in [4.78, 5) is 7.14. The number of nitrogens with zero attached hydrogens (tertiary/aromatic N) is 5. The highest BCUT2D eigenvalue weighted by Gasteiger charge is 2.25. The number of hydrogen-bond donors (Lipinski definition) is 1. The lowest BCUT2D eigenvalue weighted by Gasteiger charge is -2.35. The normalized spacial score (nSPS) is 16.6. The molecule has 0 radical (unpaired) electrons. The molecule has 0 aliphatic carbocycles. The molecule has 1 unspecified atom stereocenters. The summed E-state index contributed by atoms with van der Waals surface area (Å²) in [5, 5.41) is 11.8. The van der Waals surface area contributed by atoms with Crippen LogP contribution >= 0.6 is 24.0 Å². The number of nitrogens with one attached hydrogen (secondary N) is 1. The number of benzene rings is 2. The van der Waals surface area contributed by atoms with Gasteiger partial charge in [0.1, 0.15) is 19.0 Å². The molecular formula is C23H29IN6O. The summed E-state index contributed by atoms with van der Waals surface area (Å²) in [5.41, 5.74) is 3.52. The summed E-state index contributed by atoms with van der Waals surface area (Å²) in [5.74, 6) is 1.68. The maximum absolute atomic E-state index is 6.08. The van der Waals surface area contributed by atoms with Crippen LogP contribution in [0.5, 0.6) is 0 Å². The Kier molecular flexibility index (Phi) is 8.42. The molecule has 1 saturated heterocycles. The molecule has 1 fully saturated rings. The second-order valence-corrected chi connectivity index (χ2v) is 7.28. The van der Waals surface area contributed by atoms with E-state index in [2.05, 4.69) is 58.5 Å². The van der Waals surface area contributed by atoms with Gasteiger partial charge in [0.05, 0.1) is 13.2 Å². The molecular weight excluding hydrogens is 503 g/mol. The van der Waals surface area contributed by atoms with Gasteiger partial charge >= 0.3 is 0 Å². The highest BCUT2D eigenvalue weighted by molar-refractivity contribution is 14.0. The second kappa shape index (κ2) is 11.2. The first-order valence-corrected chi connectivity index (χ1v) is 10.4. The molecule has 7 nitrogen and oxygen atoms in total. The van der Waals surface area contributed by atoms with E-state index in [9.17, 15) is 0 Å². The molecule has 1 N–H and O–H groups in total. The maximum atomic E-state index is 6.08. The minimum Gasteiger partial charge on any atom is -0.370 e. The van der Waals surface area contributed by atoms with E-state index in [0.29, 0.717) is 13.2 Å². The summed E-state index contributed by atoms with van der Waals surface area (Å²) in [7, 11) is 0. The number of guanidine groups is 1. The average Bonchev–Trinajstić information content (AvgIpc) is 3.26. The Hall–Kier alpha value is -2.46. The fourth-order valence-electron chi connectivity index (χ4n) is 3.72. The van der Waals surface area contributed by atoms with Gasteiger partial charge in [-0.05, 0) is 37.1 Å². The van der Waals surface area contributed by atoms with Crippen molar-refractivity contribution in [2.24, 2.45) is 4.99 Å². The number of rotatable bonds is 5. The monoisotopic (exact) mass is 532 g/mol. The van der Waals surface area contributed by atoms with Gasteiger partial charge in [-0.15, -0.1) is 34.2 Å². The van der Waals surface area contributed by atoms with Crippen molar-refractivity contribution < 1.29 is 4.74 Å². The van der Waals surface area contributed by atoms with E-state index in [0.717, 1.165) is 37.1 Å². The van der Waals surface area contributed by atoms with Gasteiger partial charge in [0.2, 0.25) is 0 Å². The molecule has 2 heterocycles. The van der Waals surface area contributed by atoms with Gasteiger partial charge in [0.15, 0.2) is 11.8 Å². The van der Waals surface area contributed by atoms with Crippen LogP contribution in [0.25, 0.3) is 5.69 Å². The molecule has 1 atom stereocenters. The van der Waals surface area contributed by atoms with Crippen molar-refractivity contribution in [1.82, 2.24) is 25.0 Å². The smallest absolute Gasteiger partial charge is 0.194 e. The number of aromatic nitrogens is 3. The van der Waals surface area contributed by atoms with Crippen LogP contribution in [0.1, 0.15) is 30.0 Å². The zero-order valence-corrected chi connectivity index (χ0v) is 20.3. The minimum absolute atomic E-state index is 0. The Labute approximate surface area is 200 Å². The minimum atomic E-state index is 0. The molecule has 164 valence electrons. The van der Waals surface area contributed by atoms with Crippen molar-refractivity contribution in [3.63, 3.8) is 0 Å². The summed E-state index contributed by atoms with van der Waals surface area (Å²) < 4.78 is 8.05. The Bertz CT molecular complexity index is 990. The molecule has 4 rings (SSSR count). The summed E-state index contributed by atoms with van der Waals surface area (Å²) in [6.07, 6.45) is 1.77. The van der Waals surface area contributed by atoms with Crippen LogP contribution in [0.4, 0.5) is 0 Å². The van der Waals surface area contributed by atoms with Crippen LogP contribution < -0.4 is 5.32 Å². The first kappa shape index (κ1) is 23.2. The quantitative estimate of drug-likeness (QED) is 0.308. The summed E-state index contributed by atoms with van der Waals surface area (Å²) >= 11 is 0. The average molecular weight is 532 g/mol. The first-order valence-electron chi connectivity index (χ1n) is 10.4. The molecule has 3 aromatic rings. The molecule has 0 amide bonds. The third-order valence-electron chi connectivity index (χ3n) is 5.26. The van der Waals surface area contributed by atoms with Gasteiger partial charge < -0.3 is 15.0 Å². The molecule has 2 aromatic carbocycles. The topological polar surface area (TPSA) is 67.6 Å². The van der Waals surface area contributed by atoms with E-state index >= 15 is 0 Å². The number of morpholine rings is 1. The highest BCUT2D eigenvalue weighted by atomic mass is 127. The van der Waals surface area contributed by atoms with E-state index in [1.807, 2.05) is 34.9 Å². The number of halogens is 1. The first-order chi connectivity index (χ1) is 14.8. The Balaban J connectivity index is 0.00000272. The van der Waals surface area contributed by atoms with Gasteiger partial charge in [0, 0.05) is 18.8 Å². The lowest BCUT2D eigenvalue weighted by atomic mass is 10.0. The zero-order valence-electron chi connectivity index (χ0n) is 17.9. The predicted octanol–water partition coefficient (Wildman–Crippen LogP) is 3.73. The fourth-order valence-corrected chi connectivity index (χ4v) is 3.72. The van der Waals surface area contributed by atoms with Crippen molar-refractivity contribution in [2.45, 2.75) is 26.5 Å². The van der Waals surface area contributed by atoms with E-state index in [1.54, 1.807) is 6.33 Å². The molecule has 31 heavy (non-hydrogen) atoms. The highest BCUT2D eigenvalue weighted by Crippen LogP contribution is 2.25. The molecule has 0 bridgehead atoms. The van der Waals surface area contributed by atoms with Gasteiger partial charge in [-0.3, -0.25) is 4.57 Å². The van der Waals surface area contributed by atoms with E-state index < -0.39 is 0 Å². The Morgan fingerprint density at radius 2 is 1.94 bits per heavy atom. The third kappa shape index (κ3) is 5.62. The second-order valence-electron chi connectivity index (χ2n) is 7.28. The van der Waals surface area contributed by atoms with Crippen LogP contribution in [0.3, 0.4) is 0 Å². The van der Waals surface area contributed by atoms with Gasteiger partial charge in [-0.25, -0.2) is 4.99 Å². The molecule has 1 aromatic heterocycles. The van der Waals surface area contributed by atoms with E-state index in [1.165, 1.54) is 11.1 Å². The summed E-state index contributed by atoms with van der Waals surface area (Å²) in [6.45, 7) is 7.71. The van der Waals surface area contributed by atoms with Gasteiger partial charge in [-0.2, -0.15) is 0 Å². The van der Waals surface area contributed by atoms with Crippen molar-refractivity contribution in [2.75, 3.05) is 26.2 Å². The standard InChI is InChI=1S/C23H28N6O.HI/c1-3-24-23(25-15-22-27-26-17-29(22)19-10-5-4-6-11-19)28-13-14-30-21(16-28)20-12-8-7-9-18(20)2;/h4-12,17,21H,3,13-16H2,1-2H3,(H,24,25);1H. The molecule has 8 heteroatoms. The largest absolute Gasteiger partial charge is 0.370 e. The van der Waals surface area contributed by atoms with E-state index in [4.69, 9.17) is 9.73 Å². The Morgan fingerprint density at radius 1 is 1.16 bits per heavy atom. The van der Waals surface area contributed by atoms with Gasteiger partial charge in [-0.1, -0.05) is 42.5 Å². The fraction of sp³-hybridized carbons (Fsp3) is 0.348. The van der Waals surface area contributed by atoms with Crippen LogP contribution in [0.15, 0.2) is 65.9 Å². The third-order valence-corrected chi connectivity index (χ3v) is 5.26. The molecule has 0 spiro atoms. The van der Waals surface area contributed by atoms with Crippen molar-refractivity contribution in [1.29, 1.82) is 0 Å². The van der Waals surface area contributed by atoms with E-state index in [-0.39, 0.29) is 30.1 Å². The lowest BCUT2D eigenvalue weighted by Crippen LogP contribution is -2.48. The van der Waals surface area contributed by atoms with Crippen LogP contribution in [-0.2, 0) is 11.3 Å². The molecule has 1 aliphatic heterocycles. The predicted molar refractivity (Wildman–Crippen MR) is 133 cm³/mol. The number of ether oxygens (including phenoxy) is 1. The van der Waals surface area contributed by atoms with Gasteiger partial charge in [0.25, 0.3) is 0 Å². The Morgan fingerprint density at radius 3 is 2.71 bits per heavy atom. The number of para-hydroxylation sites is 1. The van der Waals surface area contributed by atoms with Crippen LogP contribution in [0.2, 0.25) is 0 Å². The van der Waals surface area contributed by atoms with Crippen LogP contribution in [0, 0.1) is 6.92 Å². The zero-order chi connectivity index (χ0) is 20.8. The van der Waals surface area contributed by atoms with Crippen molar-refractivity contribution >= 4 is 29.9 Å². The molecule has 1 aliphatic rings. The lowest BCUT2D eigenvalue weighted by molar-refractivity contribution is -0.00834. The number of hydrogen-bond acceptors (Lipinski definition) is 4. The summed E-state index contributed by atoms with van der Waals surface area (Å²) in [6, 6.07) is 18.5. The number of aryl methyl sites for hydroxylation is 1.